The second-order valence-electron chi connectivity index (χ2n) is 4.84. The van der Waals surface area contributed by atoms with Crippen LogP contribution in [0.15, 0.2) is 36.4 Å². The maximum atomic E-state index is 10.4. The lowest BCUT2D eigenvalue weighted by molar-refractivity contribution is 0.0682. The van der Waals surface area contributed by atoms with Crippen LogP contribution in [-0.2, 0) is 0 Å². The zero-order valence-electron chi connectivity index (χ0n) is 13.9. The van der Waals surface area contributed by atoms with Gasteiger partial charge in [-0.3, -0.25) is 0 Å². The second-order valence-corrected chi connectivity index (χ2v) is 4.84. The molecule has 9 heteroatoms. The largest absolute Gasteiger partial charge is 0.507 e. The lowest BCUT2D eigenvalue weighted by Crippen LogP contribution is -1.96. The van der Waals surface area contributed by atoms with E-state index in [2.05, 4.69) is 0 Å². The summed E-state index contributed by atoms with van der Waals surface area (Å²) in [6.45, 7) is 3.31. The van der Waals surface area contributed by atoms with Gasteiger partial charge in [0.15, 0.2) is 0 Å². The first-order valence-corrected chi connectivity index (χ1v) is 6.94. The van der Waals surface area contributed by atoms with Crippen LogP contribution in [0.1, 0.15) is 31.8 Å². The zero-order chi connectivity index (χ0) is 20.4. The number of carboxylic acid groups (broad SMARTS) is 4. The predicted molar refractivity (Wildman–Crippen MR) is 90.3 cm³/mol. The van der Waals surface area contributed by atoms with Crippen LogP contribution in [0.25, 0.3) is 0 Å². The van der Waals surface area contributed by atoms with Crippen LogP contribution in [0.2, 0.25) is 0 Å². The summed E-state index contributed by atoms with van der Waals surface area (Å²) in [5.74, 6) is -2.52. The third-order valence-electron chi connectivity index (χ3n) is 2.94. The molecule has 0 bridgehead atoms. The summed E-state index contributed by atoms with van der Waals surface area (Å²) >= 11 is 0. The fraction of sp³-hybridized carbons (Fsp3) is 0.118. The summed E-state index contributed by atoms with van der Waals surface area (Å²) in [4.78, 5) is 29.4. The van der Waals surface area contributed by atoms with E-state index in [4.69, 9.17) is 25.2 Å². The maximum absolute atomic E-state index is 10.4. The van der Waals surface area contributed by atoms with Gasteiger partial charge in [-0.15, -0.1) is 0 Å². The summed E-state index contributed by atoms with van der Waals surface area (Å²) in [7, 11) is 0. The monoisotopic (exact) mass is 366 g/mol. The van der Waals surface area contributed by atoms with Gasteiger partial charge in [0.1, 0.15) is 22.6 Å². The Balaban J connectivity index is 0.000000401. The second kappa shape index (κ2) is 10.2. The van der Waals surface area contributed by atoms with Gasteiger partial charge >= 0.3 is 18.1 Å². The Morgan fingerprint density at radius 1 is 0.654 bits per heavy atom. The number of benzene rings is 2. The van der Waals surface area contributed by atoms with E-state index in [1.807, 2.05) is 0 Å². The highest BCUT2D eigenvalue weighted by Gasteiger charge is 2.10. The van der Waals surface area contributed by atoms with Gasteiger partial charge in [-0.25, -0.2) is 14.4 Å². The van der Waals surface area contributed by atoms with Crippen molar-refractivity contribution in [2.75, 3.05) is 0 Å². The predicted octanol–water partition coefficient (Wildman–Crippen LogP) is 3.02. The van der Waals surface area contributed by atoms with E-state index in [9.17, 15) is 19.8 Å². The molecule has 9 nitrogen and oxygen atoms in total. The number of carbonyl (C=O) groups is 3. The fourth-order valence-electron chi connectivity index (χ4n) is 1.66. The van der Waals surface area contributed by atoms with Crippen molar-refractivity contribution in [1.82, 2.24) is 0 Å². The molecule has 0 fully saturated rings. The molecule has 0 aromatic heterocycles. The molecule has 0 heterocycles. The van der Waals surface area contributed by atoms with Crippen molar-refractivity contribution in [2.45, 2.75) is 13.8 Å². The number of aryl methyl sites for hydroxylation is 2. The quantitative estimate of drug-likeness (QED) is 0.467. The number of hydrogen-bond acceptors (Lipinski definition) is 5. The Kier molecular flexibility index (Phi) is 8.72. The normalized spacial score (nSPS) is 9.00. The van der Waals surface area contributed by atoms with Gasteiger partial charge in [-0.05, 0) is 37.1 Å². The molecule has 0 aliphatic heterocycles. The highest BCUT2D eigenvalue weighted by atomic mass is 16.6. The Bertz CT molecular complexity index is 731. The minimum absolute atomic E-state index is 0.0509. The van der Waals surface area contributed by atoms with Crippen LogP contribution in [0, 0.1) is 13.8 Å². The molecule has 2 aromatic rings. The van der Waals surface area contributed by atoms with Gasteiger partial charge in [-0.2, -0.15) is 0 Å². The van der Waals surface area contributed by atoms with E-state index in [1.165, 1.54) is 12.1 Å². The van der Waals surface area contributed by atoms with Crippen molar-refractivity contribution in [3.63, 3.8) is 0 Å². The molecule has 6 N–H and O–H groups in total. The SMILES string of the molecule is Cc1cccc(C(=O)O)c1O.Cc1cccc(C(=O)O)c1O.O=C(O)O. The van der Waals surface area contributed by atoms with E-state index < -0.39 is 18.1 Å². The first-order valence-electron chi connectivity index (χ1n) is 6.94. The molecule has 0 radical (unpaired) electrons. The summed E-state index contributed by atoms with van der Waals surface area (Å²) in [5.41, 5.74) is 1.05. The van der Waals surface area contributed by atoms with Crippen LogP contribution in [0.4, 0.5) is 4.79 Å². The Morgan fingerprint density at radius 3 is 1.12 bits per heavy atom. The molecule has 0 spiro atoms. The molecule has 0 aliphatic rings. The molecular formula is C17H18O9. The standard InChI is InChI=1S/2C8H8O3.CH2O3/c2*1-5-3-2-4-6(7(5)9)8(10)11;2-1(3)4/h2*2-4,9H,1H3,(H,10,11);(H2,2,3,4). The zero-order valence-corrected chi connectivity index (χ0v) is 13.9. The molecule has 140 valence electrons. The van der Waals surface area contributed by atoms with Gasteiger partial charge in [-0.1, -0.05) is 24.3 Å². The number of para-hydroxylation sites is 2. The number of aromatic hydroxyl groups is 2. The lowest BCUT2D eigenvalue weighted by atomic mass is 10.1. The summed E-state index contributed by atoms with van der Waals surface area (Å²) in [5, 5.41) is 49.4. The van der Waals surface area contributed by atoms with Gasteiger partial charge in [0, 0.05) is 0 Å². The summed E-state index contributed by atoms with van der Waals surface area (Å²) in [6.07, 6.45) is -1.83. The number of hydrogen-bond donors (Lipinski definition) is 6. The highest BCUT2D eigenvalue weighted by molar-refractivity contribution is 5.91. The topological polar surface area (TPSA) is 173 Å². The van der Waals surface area contributed by atoms with Crippen LogP contribution >= 0.6 is 0 Å². The molecule has 0 saturated heterocycles. The third kappa shape index (κ3) is 7.21. The van der Waals surface area contributed by atoms with Crippen molar-refractivity contribution in [3.05, 3.63) is 58.7 Å². The molecule has 0 saturated carbocycles. The van der Waals surface area contributed by atoms with Crippen molar-refractivity contribution in [3.8, 4) is 11.5 Å². The van der Waals surface area contributed by atoms with E-state index >= 15 is 0 Å². The van der Waals surface area contributed by atoms with Gasteiger partial charge < -0.3 is 30.6 Å². The van der Waals surface area contributed by atoms with E-state index in [0.717, 1.165) is 0 Å². The molecule has 2 rings (SSSR count). The molecule has 2 aromatic carbocycles. The lowest BCUT2D eigenvalue weighted by Gasteiger charge is -2.00. The average Bonchev–Trinajstić information content (AvgIpc) is 2.52. The average molecular weight is 366 g/mol. The molecule has 0 aliphatic carbocycles. The van der Waals surface area contributed by atoms with E-state index in [1.54, 1.807) is 38.1 Å². The van der Waals surface area contributed by atoms with E-state index in [0.29, 0.717) is 11.1 Å². The number of carboxylic acids is 2. The van der Waals surface area contributed by atoms with Crippen LogP contribution in [0.5, 0.6) is 11.5 Å². The number of rotatable bonds is 2. The van der Waals surface area contributed by atoms with Crippen molar-refractivity contribution >= 4 is 18.1 Å². The Hall–Kier alpha value is -3.75. The van der Waals surface area contributed by atoms with Gasteiger partial charge in [0.2, 0.25) is 0 Å². The fourth-order valence-corrected chi connectivity index (χ4v) is 1.66. The number of phenols is 2. The third-order valence-corrected chi connectivity index (χ3v) is 2.94. The van der Waals surface area contributed by atoms with Crippen molar-refractivity contribution in [2.24, 2.45) is 0 Å². The summed E-state index contributed by atoms with van der Waals surface area (Å²) in [6, 6.07) is 9.23. The van der Waals surface area contributed by atoms with E-state index in [-0.39, 0.29) is 22.6 Å². The van der Waals surface area contributed by atoms with Gasteiger partial charge in [0.25, 0.3) is 0 Å². The molecular weight excluding hydrogens is 348 g/mol. The smallest absolute Gasteiger partial charge is 0.503 e. The molecule has 0 amide bonds. The molecule has 0 unspecified atom stereocenters. The van der Waals surface area contributed by atoms with Crippen molar-refractivity contribution in [1.29, 1.82) is 0 Å². The first-order chi connectivity index (χ1) is 12.0. The number of aromatic carboxylic acids is 2. The Labute approximate surface area is 148 Å². The minimum Gasteiger partial charge on any atom is -0.507 e. The van der Waals surface area contributed by atoms with Crippen LogP contribution in [-0.4, -0.2) is 48.7 Å². The summed E-state index contributed by atoms with van der Waals surface area (Å²) < 4.78 is 0. The van der Waals surface area contributed by atoms with Gasteiger partial charge in [0.05, 0.1) is 0 Å². The minimum atomic E-state index is -1.83. The van der Waals surface area contributed by atoms with Crippen LogP contribution < -0.4 is 0 Å². The highest BCUT2D eigenvalue weighted by Crippen LogP contribution is 2.21. The Morgan fingerprint density at radius 2 is 0.923 bits per heavy atom. The molecule has 0 atom stereocenters. The van der Waals surface area contributed by atoms with Crippen LogP contribution in [0.3, 0.4) is 0 Å². The first kappa shape index (κ1) is 22.2. The maximum Gasteiger partial charge on any atom is 0.503 e. The molecule has 26 heavy (non-hydrogen) atoms. The van der Waals surface area contributed by atoms with Crippen molar-refractivity contribution < 1.29 is 45.0 Å².